The van der Waals surface area contributed by atoms with Crippen molar-refractivity contribution >= 4 is 15.9 Å². The van der Waals surface area contributed by atoms with E-state index < -0.39 is 5.63 Å². The molecule has 1 heterocycles. The maximum atomic E-state index is 12.6. The van der Waals surface area contributed by atoms with Crippen LogP contribution < -0.4 is 5.63 Å². The molecule has 3 rings (SSSR count). The lowest BCUT2D eigenvalue weighted by atomic mass is 9.93. The van der Waals surface area contributed by atoms with Crippen molar-refractivity contribution in [2.75, 3.05) is 0 Å². The van der Waals surface area contributed by atoms with Gasteiger partial charge in [-0.15, -0.1) is 0 Å². The Morgan fingerprint density at radius 2 is 1.57 bits per heavy atom. The molecule has 1 N–H and O–H groups in total. The van der Waals surface area contributed by atoms with E-state index in [1.54, 1.807) is 0 Å². The Kier molecular flexibility index (Phi) is 7.10. The second kappa shape index (κ2) is 9.74. The zero-order chi connectivity index (χ0) is 19.9. The van der Waals surface area contributed by atoms with Crippen LogP contribution in [0, 0.1) is 0 Å². The van der Waals surface area contributed by atoms with Crippen LogP contribution in [0.2, 0.25) is 0 Å². The fourth-order valence-corrected chi connectivity index (χ4v) is 4.11. The lowest BCUT2D eigenvalue weighted by Gasteiger charge is -2.17. The van der Waals surface area contributed by atoms with E-state index in [0.717, 1.165) is 25.7 Å². The number of aryl methyl sites for hydroxylation is 1. The molecular formula is C24H25BrO3. The molecule has 0 bridgehead atoms. The third kappa shape index (κ3) is 4.93. The van der Waals surface area contributed by atoms with Crippen LogP contribution in [0.15, 0.2) is 74.3 Å². The second-order valence-corrected chi connectivity index (χ2v) is 7.82. The minimum absolute atomic E-state index is 0.0193. The molecule has 0 radical (unpaired) electrons. The molecule has 1 unspecified atom stereocenters. The first-order valence-electron chi connectivity index (χ1n) is 9.72. The Morgan fingerprint density at radius 1 is 0.964 bits per heavy atom. The maximum absolute atomic E-state index is 12.6. The molecular weight excluding hydrogens is 416 g/mol. The van der Waals surface area contributed by atoms with Gasteiger partial charge < -0.3 is 9.52 Å². The Balaban J connectivity index is 1.78. The smallest absolute Gasteiger partial charge is 0.342 e. The topological polar surface area (TPSA) is 50.4 Å². The zero-order valence-corrected chi connectivity index (χ0v) is 17.6. The highest BCUT2D eigenvalue weighted by atomic mass is 79.9. The lowest BCUT2D eigenvalue weighted by Crippen LogP contribution is -2.13. The summed E-state index contributed by atoms with van der Waals surface area (Å²) in [4.78, 5) is 12.6. The molecule has 0 spiro atoms. The number of rotatable bonds is 8. The van der Waals surface area contributed by atoms with Gasteiger partial charge in [0, 0.05) is 5.92 Å². The second-order valence-electron chi connectivity index (χ2n) is 7.03. The molecule has 2 aromatic carbocycles. The van der Waals surface area contributed by atoms with Crippen molar-refractivity contribution < 1.29 is 9.52 Å². The maximum Gasteiger partial charge on any atom is 0.342 e. The number of halogens is 1. The van der Waals surface area contributed by atoms with Crippen LogP contribution in [0.3, 0.4) is 0 Å². The minimum atomic E-state index is -0.435. The van der Waals surface area contributed by atoms with Gasteiger partial charge in [0.05, 0.1) is 10.0 Å². The van der Waals surface area contributed by atoms with Crippen LogP contribution in [-0.4, -0.2) is 5.11 Å². The van der Waals surface area contributed by atoms with Gasteiger partial charge in [-0.25, -0.2) is 4.79 Å². The summed E-state index contributed by atoms with van der Waals surface area (Å²) in [7, 11) is 0. The summed E-state index contributed by atoms with van der Waals surface area (Å²) >= 11 is 3.47. The Bertz CT molecular complexity index is 949. The van der Waals surface area contributed by atoms with E-state index in [9.17, 15) is 9.90 Å². The third-order valence-corrected chi connectivity index (χ3v) is 5.85. The average molecular weight is 441 g/mol. The molecule has 0 aliphatic carbocycles. The third-order valence-electron chi connectivity index (χ3n) is 5.08. The minimum Gasteiger partial charge on any atom is -0.506 e. The molecule has 3 aromatic rings. The van der Waals surface area contributed by atoms with Gasteiger partial charge in [-0.3, -0.25) is 0 Å². The van der Waals surface area contributed by atoms with Gasteiger partial charge >= 0.3 is 5.63 Å². The molecule has 0 saturated carbocycles. The van der Waals surface area contributed by atoms with E-state index in [0.29, 0.717) is 22.2 Å². The average Bonchev–Trinajstić information content (AvgIpc) is 2.73. The normalized spacial score (nSPS) is 12.1. The van der Waals surface area contributed by atoms with Crippen LogP contribution in [-0.2, 0) is 19.3 Å². The van der Waals surface area contributed by atoms with E-state index in [1.807, 2.05) is 36.4 Å². The molecule has 1 aromatic heterocycles. The predicted molar refractivity (Wildman–Crippen MR) is 116 cm³/mol. The molecule has 0 aliphatic heterocycles. The van der Waals surface area contributed by atoms with Crippen molar-refractivity contribution in [1.82, 2.24) is 0 Å². The summed E-state index contributed by atoms with van der Waals surface area (Å²) in [5.41, 5.74) is 2.31. The SMILES string of the molecule is CCC(Cc1ccccc1)c1oc(=O)c(CCCc2ccccc2)c(O)c1Br. The molecule has 0 fully saturated rings. The molecule has 0 amide bonds. The Hall–Kier alpha value is -2.33. The van der Waals surface area contributed by atoms with Gasteiger partial charge in [0.15, 0.2) is 0 Å². The van der Waals surface area contributed by atoms with Crippen molar-refractivity contribution in [3.8, 4) is 5.75 Å². The number of benzene rings is 2. The van der Waals surface area contributed by atoms with E-state index in [2.05, 4.69) is 47.1 Å². The Morgan fingerprint density at radius 3 is 2.18 bits per heavy atom. The van der Waals surface area contributed by atoms with Crippen LogP contribution in [0.4, 0.5) is 0 Å². The van der Waals surface area contributed by atoms with Gasteiger partial charge in [0.2, 0.25) is 0 Å². The van der Waals surface area contributed by atoms with Crippen LogP contribution >= 0.6 is 15.9 Å². The van der Waals surface area contributed by atoms with Gasteiger partial charge in [0.1, 0.15) is 11.5 Å². The van der Waals surface area contributed by atoms with Crippen LogP contribution in [0.1, 0.15) is 48.1 Å². The molecule has 0 saturated heterocycles. The van der Waals surface area contributed by atoms with E-state index in [-0.39, 0.29) is 11.7 Å². The van der Waals surface area contributed by atoms with Crippen molar-refractivity contribution in [2.45, 2.75) is 44.9 Å². The summed E-state index contributed by atoms with van der Waals surface area (Å²) in [5, 5.41) is 10.7. The molecule has 4 heteroatoms. The van der Waals surface area contributed by atoms with Gasteiger partial charge in [0.25, 0.3) is 0 Å². The van der Waals surface area contributed by atoms with Gasteiger partial charge in [-0.1, -0.05) is 67.6 Å². The molecule has 1 atom stereocenters. The standard InChI is InChI=1S/C24H25BrO3/c1-2-19(16-18-12-7-4-8-13-18)23-21(25)22(26)20(24(27)28-23)15-9-14-17-10-5-3-6-11-17/h3-8,10-13,19,26H,2,9,14-16H2,1H3. The molecule has 146 valence electrons. The highest BCUT2D eigenvalue weighted by Gasteiger charge is 2.23. The summed E-state index contributed by atoms with van der Waals surface area (Å²) in [5.74, 6) is 0.570. The fourth-order valence-electron chi connectivity index (χ4n) is 3.47. The first-order valence-corrected chi connectivity index (χ1v) is 10.5. The first kappa shape index (κ1) is 20.4. The van der Waals surface area contributed by atoms with Crippen molar-refractivity contribution in [3.05, 3.63) is 98.0 Å². The van der Waals surface area contributed by atoms with Crippen molar-refractivity contribution in [1.29, 1.82) is 0 Å². The predicted octanol–water partition coefficient (Wildman–Crippen LogP) is 6.02. The highest BCUT2D eigenvalue weighted by Crippen LogP contribution is 2.36. The molecule has 28 heavy (non-hydrogen) atoms. The molecule has 0 aliphatic rings. The van der Waals surface area contributed by atoms with Gasteiger partial charge in [-0.2, -0.15) is 0 Å². The van der Waals surface area contributed by atoms with Crippen LogP contribution in [0.5, 0.6) is 5.75 Å². The molecule has 3 nitrogen and oxygen atoms in total. The summed E-state index contributed by atoms with van der Waals surface area (Å²) in [6, 6.07) is 20.2. The summed E-state index contributed by atoms with van der Waals surface area (Å²) < 4.78 is 6.19. The first-order chi connectivity index (χ1) is 13.6. The summed E-state index contributed by atoms with van der Waals surface area (Å²) in [6.45, 7) is 2.06. The lowest BCUT2D eigenvalue weighted by molar-refractivity contribution is 0.379. The monoisotopic (exact) mass is 440 g/mol. The van der Waals surface area contributed by atoms with Crippen LogP contribution in [0.25, 0.3) is 0 Å². The van der Waals surface area contributed by atoms with Gasteiger partial charge in [-0.05, 0) is 59.2 Å². The van der Waals surface area contributed by atoms with Crippen molar-refractivity contribution in [2.24, 2.45) is 0 Å². The van der Waals surface area contributed by atoms with E-state index in [4.69, 9.17) is 4.42 Å². The quantitative estimate of drug-likeness (QED) is 0.465. The highest BCUT2D eigenvalue weighted by molar-refractivity contribution is 9.10. The fraction of sp³-hybridized carbons (Fsp3) is 0.292. The summed E-state index contributed by atoms with van der Waals surface area (Å²) in [6.07, 6.45) is 3.67. The zero-order valence-electron chi connectivity index (χ0n) is 16.0. The Labute approximate surface area is 174 Å². The van der Waals surface area contributed by atoms with Crippen molar-refractivity contribution in [3.63, 3.8) is 0 Å². The number of hydrogen-bond donors (Lipinski definition) is 1. The van der Waals surface area contributed by atoms with E-state index >= 15 is 0 Å². The number of hydrogen-bond acceptors (Lipinski definition) is 3. The number of aromatic hydroxyl groups is 1. The largest absolute Gasteiger partial charge is 0.506 e. The van der Waals surface area contributed by atoms with E-state index in [1.165, 1.54) is 11.1 Å².